The van der Waals surface area contributed by atoms with Crippen molar-refractivity contribution in [2.45, 2.75) is 17.7 Å². The molecule has 1 aliphatic heterocycles. The largest absolute Gasteiger partial charge is 0.395 e. The maximum absolute atomic E-state index is 12.5. The fourth-order valence-corrected chi connectivity index (χ4v) is 4.17. The molecular weight excluding hydrogens is 372 g/mol. The highest BCUT2D eigenvalue weighted by molar-refractivity contribution is 9.10. The number of carbonyl (C=O) groups excluding carboxylic acids is 1. The molecule has 0 unspecified atom stereocenters. The summed E-state index contributed by atoms with van der Waals surface area (Å²) in [5.74, 6) is -0.308. The number of carbonyl (C=O) groups is 1. The normalized spacial score (nSPS) is 17.4. The van der Waals surface area contributed by atoms with E-state index < -0.39 is 10.0 Å². The first-order valence-electron chi connectivity index (χ1n) is 7.09. The number of aliphatic hydroxyl groups is 1. The molecule has 0 radical (unpaired) electrons. The Balaban J connectivity index is 1.98. The molecule has 0 bridgehead atoms. The summed E-state index contributed by atoms with van der Waals surface area (Å²) in [5, 5.41) is 11.3. The molecule has 2 N–H and O–H groups in total. The Morgan fingerprint density at radius 2 is 1.86 bits per heavy atom. The molecule has 8 heteroatoms. The number of piperidine rings is 1. The van der Waals surface area contributed by atoms with Gasteiger partial charge in [-0.25, -0.2) is 8.42 Å². The molecule has 0 spiro atoms. The molecule has 1 aliphatic rings. The lowest BCUT2D eigenvalue weighted by Crippen LogP contribution is -2.43. The highest BCUT2D eigenvalue weighted by Gasteiger charge is 2.31. The van der Waals surface area contributed by atoms with Gasteiger partial charge < -0.3 is 10.4 Å². The van der Waals surface area contributed by atoms with Crippen molar-refractivity contribution in [3.63, 3.8) is 0 Å². The van der Waals surface area contributed by atoms with Crippen LogP contribution >= 0.6 is 15.9 Å². The van der Waals surface area contributed by atoms with Crippen LogP contribution in [0.25, 0.3) is 0 Å². The lowest BCUT2D eigenvalue weighted by atomic mass is 9.97. The number of aliphatic hydroxyl groups excluding tert-OH is 1. The molecule has 1 aromatic rings. The Morgan fingerprint density at radius 3 is 2.41 bits per heavy atom. The zero-order chi connectivity index (χ0) is 16.2. The Labute approximate surface area is 138 Å². The van der Waals surface area contributed by atoms with Crippen molar-refractivity contribution in [2.24, 2.45) is 5.92 Å². The summed E-state index contributed by atoms with van der Waals surface area (Å²) < 4.78 is 27.3. The maximum atomic E-state index is 12.5. The molecule has 1 aromatic carbocycles. The van der Waals surface area contributed by atoms with E-state index in [1.807, 2.05) is 0 Å². The summed E-state index contributed by atoms with van der Waals surface area (Å²) in [6.07, 6.45) is 0.986. The van der Waals surface area contributed by atoms with Crippen LogP contribution in [0, 0.1) is 5.92 Å². The number of hydrogen-bond donors (Lipinski definition) is 2. The second-order valence-corrected chi connectivity index (χ2v) is 8.00. The highest BCUT2D eigenvalue weighted by Crippen LogP contribution is 2.24. The second kappa shape index (κ2) is 7.54. The SMILES string of the molecule is O=C(NCCO)C1CCN(S(=O)(=O)c2ccc(Br)cc2)CC1. The van der Waals surface area contributed by atoms with Crippen molar-refractivity contribution < 1.29 is 18.3 Å². The second-order valence-electron chi connectivity index (χ2n) is 5.15. The number of nitrogens with zero attached hydrogens (tertiary/aromatic N) is 1. The van der Waals surface area contributed by atoms with Crippen molar-refractivity contribution in [3.8, 4) is 0 Å². The van der Waals surface area contributed by atoms with Crippen LogP contribution in [0.15, 0.2) is 33.6 Å². The topological polar surface area (TPSA) is 86.7 Å². The molecule has 1 saturated heterocycles. The Hall–Kier alpha value is -0.960. The lowest BCUT2D eigenvalue weighted by Gasteiger charge is -2.30. The van der Waals surface area contributed by atoms with Crippen LogP contribution in [-0.4, -0.2) is 50.0 Å². The number of hydrogen-bond acceptors (Lipinski definition) is 4. The highest BCUT2D eigenvalue weighted by atomic mass is 79.9. The van der Waals surface area contributed by atoms with E-state index in [9.17, 15) is 13.2 Å². The molecular formula is C14H19BrN2O4S. The number of amides is 1. The van der Waals surface area contributed by atoms with Gasteiger partial charge in [-0.3, -0.25) is 4.79 Å². The van der Waals surface area contributed by atoms with Gasteiger partial charge in [0.2, 0.25) is 15.9 Å². The minimum absolute atomic E-state index is 0.0947. The van der Waals surface area contributed by atoms with Gasteiger partial charge >= 0.3 is 0 Å². The van der Waals surface area contributed by atoms with E-state index in [0.717, 1.165) is 4.47 Å². The van der Waals surface area contributed by atoms with Crippen molar-refractivity contribution in [2.75, 3.05) is 26.2 Å². The summed E-state index contributed by atoms with van der Waals surface area (Å²) in [4.78, 5) is 12.1. The minimum atomic E-state index is -3.50. The van der Waals surface area contributed by atoms with Gasteiger partial charge in [-0.2, -0.15) is 4.31 Å². The summed E-state index contributed by atoms with van der Waals surface area (Å²) in [7, 11) is -3.50. The van der Waals surface area contributed by atoms with E-state index in [1.54, 1.807) is 24.3 Å². The van der Waals surface area contributed by atoms with Crippen LogP contribution < -0.4 is 5.32 Å². The zero-order valence-electron chi connectivity index (χ0n) is 12.0. The van der Waals surface area contributed by atoms with Crippen molar-refractivity contribution in [1.82, 2.24) is 9.62 Å². The molecule has 1 fully saturated rings. The monoisotopic (exact) mass is 390 g/mol. The fourth-order valence-electron chi connectivity index (χ4n) is 2.44. The van der Waals surface area contributed by atoms with Crippen LogP contribution in [0.5, 0.6) is 0 Å². The van der Waals surface area contributed by atoms with E-state index in [-0.39, 0.29) is 29.9 Å². The first-order chi connectivity index (χ1) is 10.4. The van der Waals surface area contributed by atoms with Gasteiger partial charge in [-0.05, 0) is 37.1 Å². The van der Waals surface area contributed by atoms with E-state index in [2.05, 4.69) is 21.2 Å². The third-order valence-corrected chi connectivity index (χ3v) is 6.13. The first-order valence-corrected chi connectivity index (χ1v) is 9.32. The van der Waals surface area contributed by atoms with Crippen LogP contribution in [0.3, 0.4) is 0 Å². The molecule has 0 saturated carbocycles. The standard InChI is InChI=1S/C14H19BrN2O4S/c15-12-1-3-13(4-2-12)22(20,21)17-8-5-11(6-9-17)14(19)16-7-10-18/h1-4,11,18H,5-10H2,(H,16,19). The van der Waals surface area contributed by atoms with Crippen LogP contribution in [0.2, 0.25) is 0 Å². The number of rotatable bonds is 5. The molecule has 1 heterocycles. The van der Waals surface area contributed by atoms with Gasteiger partial charge in [-0.1, -0.05) is 15.9 Å². The average Bonchev–Trinajstić information content (AvgIpc) is 2.53. The number of halogens is 1. The predicted octanol–water partition coefficient (Wildman–Crippen LogP) is 0.958. The quantitative estimate of drug-likeness (QED) is 0.783. The molecule has 0 aliphatic carbocycles. The molecule has 22 heavy (non-hydrogen) atoms. The Bertz CT molecular complexity index is 610. The van der Waals surface area contributed by atoms with Crippen LogP contribution in [0.4, 0.5) is 0 Å². The summed E-state index contributed by atoms with van der Waals surface area (Å²) in [6.45, 7) is 0.796. The zero-order valence-corrected chi connectivity index (χ0v) is 14.4. The molecule has 0 aromatic heterocycles. The summed E-state index contributed by atoms with van der Waals surface area (Å²) in [5.41, 5.74) is 0. The Morgan fingerprint density at radius 1 is 1.27 bits per heavy atom. The van der Waals surface area contributed by atoms with Gasteiger partial charge in [-0.15, -0.1) is 0 Å². The molecule has 122 valence electrons. The minimum Gasteiger partial charge on any atom is -0.395 e. The van der Waals surface area contributed by atoms with Gasteiger partial charge in [0.25, 0.3) is 0 Å². The molecule has 6 nitrogen and oxygen atoms in total. The van der Waals surface area contributed by atoms with E-state index >= 15 is 0 Å². The van der Waals surface area contributed by atoms with E-state index in [1.165, 1.54) is 4.31 Å². The third kappa shape index (κ3) is 4.07. The average molecular weight is 391 g/mol. The molecule has 0 atom stereocenters. The third-order valence-electron chi connectivity index (χ3n) is 3.69. The predicted molar refractivity (Wildman–Crippen MR) is 85.7 cm³/mol. The first kappa shape index (κ1) is 17.4. The molecule has 1 amide bonds. The lowest BCUT2D eigenvalue weighted by molar-refractivity contribution is -0.126. The fraction of sp³-hybridized carbons (Fsp3) is 0.500. The van der Waals surface area contributed by atoms with Crippen LogP contribution in [0.1, 0.15) is 12.8 Å². The van der Waals surface area contributed by atoms with E-state index in [0.29, 0.717) is 25.9 Å². The van der Waals surface area contributed by atoms with Crippen molar-refractivity contribution in [1.29, 1.82) is 0 Å². The smallest absolute Gasteiger partial charge is 0.243 e. The maximum Gasteiger partial charge on any atom is 0.243 e. The van der Waals surface area contributed by atoms with Gasteiger partial charge in [0, 0.05) is 30.0 Å². The van der Waals surface area contributed by atoms with Crippen molar-refractivity contribution >= 4 is 31.9 Å². The van der Waals surface area contributed by atoms with Gasteiger partial charge in [0.15, 0.2) is 0 Å². The van der Waals surface area contributed by atoms with Crippen LogP contribution in [-0.2, 0) is 14.8 Å². The van der Waals surface area contributed by atoms with E-state index in [4.69, 9.17) is 5.11 Å². The summed E-state index contributed by atoms with van der Waals surface area (Å²) >= 11 is 3.28. The molecule has 2 rings (SSSR count). The summed E-state index contributed by atoms with van der Waals surface area (Å²) in [6, 6.07) is 6.53. The van der Waals surface area contributed by atoms with Crippen molar-refractivity contribution in [3.05, 3.63) is 28.7 Å². The number of benzene rings is 1. The van der Waals surface area contributed by atoms with Gasteiger partial charge in [0.05, 0.1) is 11.5 Å². The number of sulfonamides is 1. The van der Waals surface area contributed by atoms with Gasteiger partial charge in [0.1, 0.15) is 0 Å². The Kier molecular flexibility index (Phi) is 5.96. The number of nitrogens with one attached hydrogen (secondary N) is 1.